The first-order valence-corrected chi connectivity index (χ1v) is 11.8. The summed E-state index contributed by atoms with van der Waals surface area (Å²) < 4.78 is 5.33. The Morgan fingerprint density at radius 3 is 2.33 bits per heavy atom. The van der Waals surface area contributed by atoms with Crippen LogP contribution in [0, 0.1) is 5.92 Å². The molecular formula is C26H41N3O4. The van der Waals surface area contributed by atoms with Crippen LogP contribution in [0.3, 0.4) is 0 Å². The van der Waals surface area contributed by atoms with Gasteiger partial charge in [-0.15, -0.1) is 0 Å². The monoisotopic (exact) mass is 459 g/mol. The van der Waals surface area contributed by atoms with Crippen LogP contribution >= 0.6 is 0 Å². The molecule has 0 radical (unpaired) electrons. The molecular weight excluding hydrogens is 418 g/mol. The highest BCUT2D eigenvalue weighted by Gasteiger charge is 2.45. The maximum atomic E-state index is 12.5. The number of piperidine rings is 1. The van der Waals surface area contributed by atoms with Gasteiger partial charge in [0.15, 0.2) is 0 Å². The third-order valence-electron chi connectivity index (χ3n) is 5.92. The molecule has 184 valence electrons. The van der Waals surface area contributed by atoms with Crippen molar-refractivity contribution in [3.05, 3.63) is 48.0 Å². The van der Waals surface area contributed by atoms with Crippen molar-refractivity contribution in [3.8, 4) is 0 Å². The van der Waals surface area contributed by atoms with Crippen molar-refractivity contribution >= 4 is 12.0 Å². The third-order valence-corrected chi connectivity index (χ3v) is 5.92. The van der Waals surface area contributed by atoms with Crippen molar-refractivity contribution in [2.75, 3.05) is 0 Å². The van der Waals surface area contributed by atoms with Gasteiger partial charge in [-0.2, -0.15) is 5.06 Å². The summed E-state index contributed by atoms with van der Waals surface area (Å²) in [6.45, 7) is 12.3. The van der Waals surface area contributed by atoms with Crippen LogP contribution in [-0.4, -0.2) is 45.4 Å². The van der Waals surface area contributed by atoms with Crippen LogP contribution in [0.4, 0.5) is 4.79 Å². The summed E-state index contributed by atoms with van der Waals surface area (Å²) in [6, 6.07) is 9.32. The molecule has 0 aromatic heterocycles. The van der Waals surface area contributed by atoms with E-state index in [0.29, 0.717) is 18.8 Å². The van der Waals surface area contributed by atoms with Crippen molar-refractivity contribution in [2.24, 2.45) is 5.92 Å². The molecule has 1 aliphatic heterocycles. The molecule has 7 nitrogen and oxygen atoms in total. The van der Waals surface area contributed by atoms with Crippen molar-refractivity contribution in [1.29, 1.82) is 0 Å². The maximum Gasteiger partial charge on any atom is 0.407 e. The lowest BCUT2D eigenvalue weighted by molar-refractivity contribution is -0.246. The molecule has 1 aromatic carbocycles. The molecule has 0 saturated carbocycles. The Hall–Kier alpha value is -2.38. The highest BCUT2D eigenvalue weighted by molar-refractivity contribution is 5.77. The third kappa shape index (κ3) is 8.82. The highest BCUT2D eigenvalue weighted by Crippen LogP contribution is 2.36. The van der Waals surface area contributed by atoms with Crippen LogP contribution in [0.2, 0.25) is 0 Å². The molecule has 0 bridgehead atoms. The van der Waals surface area contributed by atoms with E-state index in [1.807, 2.05) is 64.1 Å². The van der Waals surface area contributed by atoms with Gasteiger partial charge in [0.05, 0.1) is 6.04 Å². The Labute approximate surface area is 198 Å². The van der Waals surface area contributed by atoms with E-state index in [1.54, 1.807) is 6.08 Å². The fourth-order valence-corrected chi connectivity index (χ4v) is 4.61. The number of amides is 2. The maximum absolute atomic E-state index is 12.5. The molecule has 7 heteroatoms. The van der Waals surface area contributed by atoms with Crippen molar-refractivity contribution in [1.82, 2.24) is 15.7 Å². The van der Waals surface area contributed by atoms with Gasteiger partial charge >= 0.3 is 6.09 Å². The zero-order chi connectivity index (χ0) is 24.6. The summed E-state index contributed by atoms with van der Waals surface area (Å²) in [5.74, 6) is 0.306. The lowest BCUT2D eigenvalue weighted by atomic mass is 9.79. The quantitative estimate of drug-likeness (QED) is 0.462. The molecule has 2 amide bonds. The average molecular weight is 460 g/mol. The van der Waals surface area contributed by atoms with Crippen LogP contribution in [0.25, 0.3) is 0 Å². The Morgan fingerprint density at radius 1 is 1.15 bits per heavy atom. The second kappa shape index (κ2) is 11.7. The smallest absolute Gasteiger partial charge is 0.407 e. The number of ether oxygens (including phenoxy) is 1. The number of nitrogens with one attached hydrogen (secondary N) is 2. The summed E-state index contributed by atoms with van der Waals surface area (Å²) in [4.78, 5) is 24.8. The van der Waals surface area contributed by atoms with E-state index >= 15 is 0 Å². The number of carbonyl (C=O) groups is 2. The zero-order valence-corrected chi connectivity index (χ0v) is 20.9. The Bertz CT molecular complexity index is 787. The number of nitrogens with zero attached hydrogens (tertiary/aromatic N) is 1. The minimum atomic E-state index is -0.473. The Balaban J connectivity index is 1.85. The number of hydroxylamine groups is 2. The summed E-state index contributed by atoms with van der Waals surface area (Å²) in [7, 11) is 0. The van der Waals surface area contributed by atoms with Crippen LogP contribution in [0.15, 0.2) is 42.5 Å². The van der Waals surface area contributed by atoms with E-state index in [0.717, 1.165) is 12.0 Å². The molecule has 1 aromatic rings. The minimum absolute atomic E-state index is 0.00292. The van der Waals surface area contributed by atoms with Crippen LogP contribution < -0.4 is 10.6 Å². The van der Waals surface area contributed by atoms with Crippen LogP contribution in [-0.2, 0) is 16.1 Å². The van der Waals surface area contributed by atoms with Gasteiger partial charge in [-0.3, -0.25) is 4.79 Å². The highest BCUT2D eigenvalue weighted by atomic mass is 16.5. The largest absolute Gasteiger partial charge is 0.445 e. The number of hydrogen-bond acceptors (Lipinski definition) is 5. The molecule has 3 N–H and O–H groups in total. The molecule has 1 heterocycles. The topological polar surface area (TPSA) is 90.9 Å². The van der Waals surface area contributed by atoms with E-state index < -0.39 is 17.2 Å². The van der Waals surface area contributed by atoms with Gasteiger partial charge in [0.2, 0.25) is 5.91 Å². The van der Waals surface area contributed by atoms with Crippen LogP contribution in [0.1, 0.15) is 72.8 Å². The van der Waals surface area contributed by atoms with Gasteiger partial charge in [0.25, 0.3) is 0 Å². The SMILES string of the molecule is CC(C)CC(/C=C\CC(=O)NC1CC(C)(C)N(O)C(C)(C)C1)NC(=O)OCc1ccccc1. The fraction of sp³-hybridized carbons (Fsp3) is 0.615. The Kier molecular flexibility index (Phi) is 9.49. The normalized spacial score (nSPS) is 19.4. The average Bonchev–Trinajstić information content (AvgIpc) is 2.70. The van der Waals surface area contributed by atoms with E-state index in [-0.39, 0.29) is 31.0 Å². The van der Waals surface area contributed by atoms with E-state index in [9.17, 15) is 14.8 Å². The molecule has 0 spiro atoms. The summed E-state index contributed by atoms with van der Waals surface area (Å²) in [5.41, 5.74) is 0.0998. The van der Waals surface area contributed by atoms with Crippen molar-refractivity contribution < 1.29 is 19.5 Å². The minimum Gasteiger partial charge on any atom is -0.445 e. The molecule has 33 heavy (non-hydrogen) atoms. The van der Waals surface area contributed by atoms with Gasteiger partial charge in [-0.25, -0.2) is 4.79 Å². The van der Waals surface area contributed by atoms with Gasteiger partial charge in [0, 0.05) is 23.5 Å². The standard InChI is InChI=1S/C26H41N3O4/c1-19(2)15-21(28-24(31)33-18-20-11-8-7-9-12-20)13-10-14-23(30)27-22-16-25(3,4)29(32)26(5,6)17-22/h7-13,19,21-22,32H,14-18H2,1-6H3,(H,27,30)(H,28,31)/b13-10-. The second-order valence-corrected chi connectivity index (χ2v) is 10.7. The van der Waals surface area contributed by atoms with E-state index in [4.69, 9.17) is 4.74 Å². The number of rotatable bonds is 9. The molecule has 0 aliphatic carbocycles. The number of hydrogen-bond donors (Lipinski definition) is 3. The van der Waals surface area contributed by atoms with Gasteiger partial charge in [-0.05, 0) is 58.4 Å². The predicted octanol–water partition coefficient (Wildman–Crippen LogP) is 4.80. The second-order valence-electron chi connectivity index (χ2n) is 10.7. The van der Waals surface area contributed by atoms with Crippen molar-refractivity contribution in [3.63, 3.8) is 0 Å². The lowest BCUT2D eigenvalue weighted by Crippen LogP contribution is -2.62. The number of carbonyl (C=O) groups excluding carboxylic acids is 2. The molecule has 1 saturated heterocycles. The van der Waals surface area contributed by atoms with Gasteiger partial charge in [0.1, 0.15) is 6.61 Å². The molecule has 1 aliphatic rings. The first-order valence-electron chi connectivity index (χ1n) is 11.8. The number of alkyl carbamates (subject to hydrolysis) is 1. The molecule has 1 unspecified atom stereocenters. The molecule has 1 fully saturated rings. The molecule has 1 atom stereocenters. The first kappa shape index (κ1) is 26.9. The molecule has 2 rings (SSSR count). The van der Waals surface area contributed by atoms with E-state index in [1.165, 1.54) is 5.06 Å². The summed E-state index contributed by atoms with van der Waals surface area (Å²) in [6.07, 6.45) is 5.52. The van der Waals surface area contributed by atoms with E-state index in [2.05, 4.69) is 24.5 Å². The zero-order valence-electron chi connectivity index (χ0n) is 20.9. The summed E-state index contributed by atoms with van der Waals surface area (Å²) in [5, 5.41) is 17.8. The van der Waals surface area contributed by atoms with Gasteiger partial charge in [-0.1, -0.05) is 56.3 Å². The summed E-state index contributed by atoms with van der Waals surface area (Å²) >= 11 is 0. The van der Waals surface area contributed by atoms with Gasteiger partial charge < -0.3 is 20.6 Å². The lowest BCUT2D eigenvalue weighted by Gasteiger charge is -2.51. The Morgan fingerprint density at radius 2 is 1.76 bits per heavy atom. The number of benzene rings is 1. The first-order chi connectivity index (χ1) is 15.4. The van der Waals surface area contributed by atoms with Crippen molar-refractivity contribution in [2.45, 2.75) is 97.0 Å². The van der Waals surface area contributed by atoms with Crippen LogP contribution in [0.5, 0.6) is 0 Å². The fourth-order valence-electron chi connectivity index (χ4n) is 4.61. The predicted molar refractivity (Wildman–Crippen MR) is 130 cm³/mol.